The molecule has 0 spiro atoms. The number of carbonyl (C=O) groups excluding carboxylic acids is 1. The third-order valence-electron chi connectivity index (χ3n) is 3.69. The molecule has 2 unspecified atom stereocenters. The summed E-state index contributed by atoms with van der Waals surface area (Å²) in [6.07, 6.45) is 3.40. The number of hydrogen-bond donors (Lipinski definition) is 3. The lowest BCUT2D eigenvalue weighted by atomic mass is 9.86. The second-order valence-corrected chi connectivity index (χ2v) is 7.33. The topological polar surface area (TPSA) is 101 Å². The highest BCUT2D eigenvalue weighted by Crippen LogP contribution is 2.25. The summed E-state index contributed by atoms with van der Waals surface area (Å²) < 4.78 is 25.9. The van der Waals surface area contributed by atoms with Crippen molar-refractivity contribution in [1.82, 2.24) is 10.0 Å². The molecular weight excluding hydrogens is 266 g/mol. The zero-order valence-corrected chi connectivity index (χ0v) is 12.5. The second kappa shape index (κ2) is 7.21. The Labute approximate surface area is 115 Å². The Balaban J connectivity index is 2.21. The Bertz CT molecular complexity index is 391. The van der Waals surface area contributed by atoms with Crippen LogP contribution in [0.1, 0.15) is 33.1 Å². The molecule has 0 heterocycles. The van der Waals surface area contributed by atoms with E-state index in [2.05, 4.69) is 10.0 Å². The smallest absolute Gasteiger partial charge is 0.224 e. The van der Waals surface area contributed by atoms with Gasteiger partial charge in [-0.25, -0.2) is 13.1 Å². The largest absolute Gasteiger partial charge is 0.355 e. The van der Waals surface area contributed by atoms with E-state index in [1.165, 1.54) is 6.42 Å². The number of amides is 1. The molecule has 0 aromatic carbocycles. The van der Waals surface area contributed by atoms with Crippen molar-refractivity contribution in [3.05, 3.63) is 0 Å². The first kappa shape index (κ1) is 16.4. The highest BCUT2D eigenvalue weighted by Gasteiger charge is 2.21. The van der Waals surface area contributed by atoms with Gasteiger partial charge in [0.05, 0.1) is 5.75 Å². The van der Waals surface area contributed by atoms with E-state index in [1.54, 1.807) is 13.8 Å². The summed E-state index contributed by atoms with van der Waals surface area (Å²) in [5.74, 6) is -0.116. The minimum atomic E-state index is -3.29. The van der Waals surface area contributed by atoms with Gasteiger partial charge in [-0.1, -0.05) is 13.3 Å². The minimum Gasteiger partial charge on any atom is -0.355 e. The molecule has 0 saturated heterocycles. The Morgan fingerprint density at radius 2 is 2.00 bits per heavy atom. The van der Waals surface area contributed by atoms with Gasteiger partial charge in [0.2, 0.25) is 15.9 Å². The molecule has 1 rings (SSSR count). The molecule has 0 aromatic rings. The summed E-state index contributed by atoms with van der Waals surface area (Å²) in [6, 6.07) is -0.242. The van der Waals surface area contributed by atoms with E-state index in [-0.39, 0.29) is 30.2 Å². The van der Waals surface area contributed by atoms with Crippen LogP contribution in [0.4, 0.5) is 0 Å². The maximum absolute atomic E-state index is 11.7. The van der Waals surface area contributed by atoms with Crippen LogP contribution >= 0.6 is 0 Å². The van der Waals surface area contributed by atoms with Gasteiger partial charge in [-0.3, -0.25) is 4.79 Å². The molecule has 0 radical (unpaired) electrons. The first-order chi connectivity index (χ1) is 8.82. The molecular formula is C12H25N3O3S. The van der Waals surface area contributed by atoms with Crippen molar-refractivity contribution < 1.29 is 13.2 Å². The van der Waals surface area contributed by atoms with Gasteiger partial charge in [0.1, 0.15) is 0 Å². The molecule has 0 aliphatic heterocycles. The van der Waals surface area contributed by atoms with Gasteiger partial charge in [-0.2, -0.15) is 0 Å². The number of sulfonamides is 1. The van der Waals surface area contributed by atoms with Crippen molar-refractivity contribution in [3.8, 4) is 0 Å². The molecule has 1 fully saturated rings. The van der Waals surface area contributed by atoms with Crippen molar-refractivity contribution in [2.75, 3.05) is 18.8 Å². The Morgan fingerprint density at radius 1 is 1.37 bits per heavy atom. The van der Waals surface area contributed by atoms with Crippen LogP contribution in [-0.4, -0.2) is 39.2 Å². The number of nitrogens with one attached hydrogen (secondary N) is 2. The lowest BCUT2D eigenvalue weighted by Gasteiger charge is -2.25. The summed E-state index contributed by atoms with van der Waals surface area (Å²) in [7, 11) is -3.29. The summed E-state index contributed by atoms with van der Waals surface area (Å²) >= 11 is 0. The van der Waals surface area contributed by atoms with E-state index in [0.29, 0.717) is 12.5 Å². The number of nitrogens with two attached hydrogens (primary N) is 1. The minimum absolute atomic E-state index is 0.0862. The van der Waals surface area contributed by atoms with Crippen molar-refractivity contribution in [2.45, 2.75) is 39.2 Å². The van der Waals surface area contributed by atoms with Gasteiger partial charge in [-0.15, -0.1) is 0 Å². The SMILES string of the molecule is CC(N)C(C)C(=O)NCCS(=O)(=O)NCC1CCC1. The zero-order chi connectivity index (χ0) is 14.5. The van der Waals surface area contributed by atoms with Gasteiger partial charge >= 0.3 is 0 Å². The molecule has 6 nitrogen and oxygen atoms in total. The average Bonchev–Trinajstić information content (AvgIpc) is 2.25. The average molecular weight is 291 g/mol. The molecule has 7 heteroatoms. The molecule has 2 atom stereocenters. The van der Waals surface area contributed by atoms with Gasteiger partial charge in [0, 0.05) is 25.0 Å². The molecule has 4 N–H and O–H groups in total. The Morgan fingerprint density at radius 3 is 2.47 bits per heavy atom. The standard InChI is InChI=1S/C12H25N3O3S/c1-9(10(2)13)12(16)14-6-7-19(17,18)15-8-11-4-3-5-11/h9-11,15H,3-8,13H2,1-2H3,(H,14,16). The molecule has 0 bridgehead atoms. The first-order valence-corrected chi connectivity index (χ1v) is 8.47. The lowest BCUT2D eigenvalue weighted by molar-refractivity contribution is -0.124. The van der Waals surface area contributed by atoms with Crippen molar-refractivity contribution >= 4 is 15.9 Å². The van der Waals surface area contributed by atoms with Gasteiger partial charge in [0.25, 0.3) is 0 Å². The van der Waals surface area contributed by atoms with Gasteiger partial charge in [0.15, 0.2) is 0 Å². The third-order valence-corrected chi connectivity index (χ3v) is 5.04. The van der Waals surface area contributed by atoms with Crippen LogP contribution in [0.25, 0.3) is 0 Å². The summed E-state index contributed by atoms with van der Waals surface area (Å²) in [5, 5.41) is 2.60. The van der Waals surface area contributed by atoms with Crippen molar-refractivity contribution in [2.24, 2.45) is 17.6 Å². The Kier molecular flexibility index (Phi) is 6.22. The molecule has 1 aliphatic carbocycles. The highest BCUT2D eigenvalue weighted by atomic mass is 32.2. The summed E-state index contributed by atoms with van der Waals surface area (Å²) in [6.45, 7) is 4.12. The molecule has 0 aromatic heterocycles. The molecule has 1 saturated carbocycles. The third kappa shape index (κ3) is 5.88. The monoisotopic (exact) mass is 291 g/mol. The fraction of sp³-hybridized carbons (Fsp3) is 0.917. The van der Waals surface area contributed by atoms with Crippen LogP contribution in [-0.2, 0) is 14.8 Å². The van der Waals surface area contributed by atoms with E-state index in [4.69, 9.17) is 5.73 Å². The van der Waals surface area contributed by atoms with E-state index >= 15 is 0 Å². The van der Waals surface area contributed by atoms with E-state index < -0.39 is 10.0 Å². The maximum atomic E-state index is 11.7. The Hall–Kier alpha value is -0.660. The van der Waals surface area contributed by atoms with Crippen LogP contribution < -0.4 is 15.8 Å². The predicted octanol–water partition coefficient (Wildman–Crippen LogP) is -0.195. The van der Waals surface area contributed by atoms with Crippen molar-refractivity contribution in [1.29, 1.82) is 0 Å². The molecule has 19 heavy (non-hydrogen) atoms. The van der Waals surface area contributed by atoms with Crippen LogP contribution in [0.2, 0.25) is 0 Å². The van der Waals surface area contributed by atoms with Crippen LogP contribution in [0.3, 0.4) is 0 Å². The fourth-order valence-corrected chi connectivity index (χ4v) is 2.73. The lowest BCUT2D eigenvalue weighted by Crippen LogP contribution is -2.42. The second-order valence-electron chi connectivity index (χ2n) is 5.40. The number of carbonyl (C=O) groups is 1. The van der Waals surface area contributed by atoms with Crippen LogP contribution in [0.5, 0.6) is 0 Å². The zero-order valence-electron chi connectivity index (χ0n) is 11.7. The number of rotatable bonds is 8. The normalized spacial score (nSPS) is 19.5. The quantitative estimate of drug-likeness (QED) is 0.576. The molecule has 112 valence electrons. The highest BCUT2D eigenvalue weighted by molar-refractivity contribution is 7.89. The fourth-order valence-electron chi connectivity index (χ4n) is 1.72. The molecule has 1 aliphatic rings. The summed E-state index contributed by atoms with van der Waals surface area (Å²) in [4.78, 5) is 11.6. The maximum Gasteiger partial charge on any atom is 0.224 e. The first-order valence-electron chi connectivity index (χ1n) is 6.82. The van der Waals surface area contributed by atoms with Crippen LogP contribution in [0, 0.1) is 11.8 Å². The van der Waals surface area contributed by atoms with E-state index in [9.17, 15) is 13.2 Å². The van der Waals surface area contributed by atoms with Gasteiger partial charge < -0.3 is 11.1 Å². The van der Waals surface area contributed by atoms with Crippen LogP contribution in [0.15, 0.2) is 0 Å². The number of hydrogen-bond acceptors (Lipinski definition) is 4. The van der Waals surface area contributed by atoms with E-state index in [0.717, 1.165) is 12.8 Å². The summed E-state index contributed by atoms with van der Waals surface area (Å²) in [5.41, 5.74) is 5.61. The van der Waals surface area contributed by atoms with Gasteiger partial charge in [-0.05, 0) is 25.7 Å². The van der Waals surface area contributed by atoms with E-state index in [1.807, 2.05) is 0 Å². The van der Waals surface area contributed by atoms with Crippen molar-refractivity contribution in [3.63, 3.8) is 0 Å². The molecule has 1 amide bonds. The predicted molar refractivity (Wildman–Crippen MR) is 75.0 cm³/mol.